The summed E-state index contributed by atoms with van der Waals surface area (Å²) in [6.07, 6.45) is 4.64. The Morgan fingerprint density at radius 3 is 2.91 bits per heavy atom. The highest BCUT2D eigenvalue weighted by atomic mass is 32.2. The number of halogens is 1. The number of hydrogen-bond acceptors (Lipinski definition) is 4. The first-order valence-corrected chi connectivity index (χ1v) is 9.31. The minimum absolute atomic E-state index is 0.298. The summed E-state index contributed by atoms with van der Waals surface area (Å²) in [5.74, 6) is 0.687. The summed E-state index contributed by atoms with van der Waals surface area (Å²) in [7, 11) is -3.33. The fourth-order valence-electron chi connectivity index (χ4n) is 3.17. The van der Waals surface area contributed by atoms with Crippen molar-refractivity contribution in [2.24, 2.45) is 0 Å². The van der Waals surface area contributed by atoms with Crippen LogP contribution in [-0.4, -0.2) is 30.5 Å². The lowest BCUT2D eigenvalue weighted by Gasteiger charge is -2.30. The third-order valence-electron chi connectivity index (χ3n) is 4.26. The van der Waals surface area contributed by atoms with Gasteiger partial charge in [-0.1, -0.05) is 12.1 Å². The van der Waals surface area contributed by atoms with Crippen LogP contribution in [0.4, 0.5) is 4.39 Å². The molecule has 124 valence electrons. The highest BCUT2D eigenvalue weighted by molar-refractivity contribution is 7.88. The van der Waals surface area contributed by atoms with Gasteiger partial charge >= 0.3 is 0 Å². The summed E-state index contributed by atoms with van der Waals surface area (Å²) in [4.78, 5) is 4.29. The van der Waals surface area contributed by atoms with Crippen molar-refractivity contribution in [1.82, 2.24) is 9.29 Å². The molecular weight excluding hydrogens is 319 g/mol. The summed E-state index contributed by atoms with van der Waals surface area (Å²) >= 11 is 0. The van der Waals surface area contributed by atoms with Crippen LogP contribution in [0.15, 0.2) is 34.9 Å². The van der Waals surface area contributed by atoms with Crippen molar-refractivity contribution in [3.63, 3.8) is 0 Å². The van der Waals surface area contributed by atoms with Gasteiger partial charge in [0.25, 0.3) is 0 Å². The Balaban J connectivity index is 1.86. The Labute approximate surface area is 135 Å². The molecule has 1 aromatic heterocycles. The number of nitrogens with zero attached hydrogens (tertiary/aromatic N) is 2. The Bertz CT molecular complexity index is 818. The first-order valence-electron chi connectivity index (χ1n) is 7.46. The second kappa shape index (κ2) is 5.72. The van der Waals surface area contributed by atoms with E-state index >= 15 is 0 Å². The number of sulfonamides is 1. The van der Waals surface area contributed by atoms with Crippen LogP contribution in [0.25, 0.3) is 0 Å². The van der Waals surface area contributed by atoms with Gasteiger partial charge < -0.3 is 4.42 Å². The highest BCUT2D eigenvalue weighted by Gasteiger charge is 2.46. The summed E-state index contributed by atoms with van der Waals surface area (Å²) < 4.78 is 44.4. The van der Waals surface area contributed by atoms with Gasteiger partial charge in [0.15, 0.2) is 0 Å². The second-order valence-electron chi connectivity index (χ2n) is 6.15. The van der Waals surface area contributed by atoms with E-state index in [0.717, 1.165) is 12.0 Å². The minimum atomic E-state index is -3.33. The van der Waals surface area contributed by atoms with Gasteiger partial charge in [0.2, 0.25) is 15.9 Å². The van der Waals surface area contributed by atoms with Crippen molar-refractivity contribution < 1.29 is 17.2 Å². The maximum atomic E-state index is 13.2. The van der Waals surface area contributed by atoms with Crippen molar-refractivity contribution in [1.29, 1.82) is 0 Å². The van der Waals surface area contributed by atoms with Crippen LogP contribution in [0.3, 0.4) is 0 Å². The average Bonchev–Trinajstić information content (AvgIpc) is 3.06. The fourth-order valence-corrected chi connectivity index (χ4v) is 4.53. The van der Waals surface area contributed by atoms with Crippen LogP contribution in [0.1, 0.15) is 37.0 Å². The SMILES string of the molecule is CC1(c2ncc(Cc3cccc(F)c3)o2)CCCN1S(C)(=O)=O. The molecule has 1 atom stereocenters. The van der Waals surface area contributed by atoms with Gasteiger partial charge in [-0.25, -0.2) is 17.8 Å². The normalized spacial score (nSPS) is 22.6. The van der Waals surface area contributed by atoms with E-state index in [-0.39, 0.29) is 5.82 Å². The molecule has 0 saturated carbocycles. The lowest BCUT2D eigenvalue weighted by atomic mass is 10.0. The lowest BCUT2D eigenvalue weighted by Crippen LogP contribution is -2.42. The number of aromatic nitrogens is 1. The third-order valence-corrected chi connectivity index (χ3v) is 5.64. The van der Waals surface area contributed by atoms with E-state index in [9.17, 15) is 12.8 Å². The van der Waals surface area contributed by atoms with Gasteiger partial charge in [-0.05, 0) is 37.5 Å². The Morgan fingerprint density at radius 1 is 1.43 bits per heavy atom. The second-order valence-corrected chi connectivity index (χ2v) is 8.06. The summed E-state index contributed by atoms with van der Waals surface area (Å²) in [5.41, 5.74) is 0.0255. The fraction of sp³-hybridized carbons (Fsp3) is 0.438. The highest BCUT2D eigenvalue weighted by Crippen LogP contribution is 2.39. The predicted octanol–water partition coefficient (Wildman–Crippen LogP) is 2.68. The van der Waals surface area contributed by atoms with Crippen molar-refractivity contribution in [3.05, 3.63) is 53.5 Å². The van der Waals surface area contributed by atoms with Gasteiger partial charge in [-0.3, -0.25) is 0 Å². The maximum absolute atomic E-state index is 13.2. The third kappa shape index (κ3) is 3.16. The molecule has 7 heteroatoms. The zero-order chi connectivity index (χ0) is 16.7. The van der Waals surface area contributed by atoms with Gasteiger partial charge in [0.1, 0.15) is 17.1 Å². The predicted molar refractivity (Wildman–Crippen MR) is 83.8 cm³/mol. The zero-order valence-corrected chi connectivity index (χ0v) is 13.9. The number of hydrogen-bond donors (Lipinski definition) is 0. The largest absolute Gasteiger partial charge is 0.443 e. The van der Waals surface area contributed by atoms with E-state index in [4.69, 9.17) is 4.42 Å². The quantitative estimate of drug-likeness (QED) is 0.860. The van der Waals surface area contributed by atoms with Crippen molar-refractivity contribution in [2.45, 2.75) is 31.7 Å². The van der Waals surface area contributed by atoms with Gasteiger partial charge in [0.05, 0.1) is 12.5 Å². The minimum Gasteiger partial charge on any atom is -0.443 e. The van der Waals surface area contributed by atoms with Crippen LogP contribution in [0.5, 0.6) is 0 Å². The topological polar surface area (TPSA) is 63.4 Å². The van der Waals surface area contributed by atoms with Crippen LogP contribution in [0, 0.1) is 5.82 Å². The Hall–Kier alpha value is -1.73. The smallest absolute Gasteiger partial charge is 0.215 e. The van der Waals surface area contributed by atoms with Crippen LogP contribution in [-0.2, 0) is 22.0 Å². The summed E-state index contributed by atoms with van der Waals surface area (Å²) in [6, 6.07) is 6.29. The van der Waals surface area contributed by atoms with E-state index in [1.165, 1.54) is 22.7 Å². The van der Waals surface area contributed by atoms with E-state index in [0.29, 0.717) is 31.0 Å². The molecule has 1 aliphatic rings. The summed E-state index contributed by atoms with van der Waals surface area (Å²) in [6.45, 7) is 2.30. The molecule has 5 nitrogen and oxygen atoms in total. The standard InChI is InChI=1S/C16H19FN2O3S/c1-16(7-4-8-19(16)23(2,20)21)15-18-11-14(22-15)10-12-5-3-6-13(17)9-12/h3,5-6,9,11H,4,7-8,10H2,1-2H3. The first-order chi connectivity index (χ1) is 10.8. The van der Waals surface area contributed by atoms with Crippen molar-refractivity contribution >= 4 is 10.0 Å². The van der Waals surface area contributed by atoms with Crippen molar-refractivity contribution in [3.8, 4) is 0 Å². The molecule has 0 bridgehead atoms. The van der Waals surface area contributed by atoms with E-state index in [2.05, 4.69) is 4.98 Å². The summed E-state index contributed by atoms with van der Waals surface area (Å²) in [5, 5.41) is 0. The molecule has 0 aliphatic carbocycles. The molecule has 2 heterocycles. The van der Waals surface area contributed by atoms with Gasteiger partial charge in [-0.2, -0.15) is 4.31 Å². The number of rotatable bonds is 4. The number of oxazole rings is 1. The maximum Gasteiger partial charge on any atom is 0.215 e. The van der Waals surface area contributed by atoms with Gasteiger partial charge in [0, 0.05) is 13.0 Å². The molecule has 0 spiro atoms. The molecule has 23 heavy (non-hydrogen) atoms. The monoisotopic (exact) mass is 338 g/mol. The van der Waals surface area contributed by atoms with Crippen LogP contribution in [0.2, 0.25) is 0 Å². The molecular formula is C16H19FN2O3S. The van der Waals surface area contributed by atoms with E-state index < -0.39 is 15.6 Å². The zero-order valence-electron chi connectivity index (χ0n) is 13.1. The number of benzene rings is 1. The molecule has 3 rings (SSSR count). The molecule has 1 unspecified atom stereocenters. The first kappa shape index (κ1) is 16.1. The van der Waals surface area contributed by atoms with Gasteiger partial charge in [-0.15, -0.1) is 0 Å². The van der Waals surface area contributed by atoms with Crippen LogP contribution < -0.4 is 0 Å². The Morgan fingerprint density at radius 2 is 2.22 bits per heavy atom. The van der Waals surface area contributed by atoms with Crippen molar-refractivity contribution in [2.75, 3.05) is 12.8 Å². The molecule has 1 fully saturated rings. The Kier molecular flexibility index (Phi) is 4.01. The van der Waals surface area contributed by atoms with E-state index in [1.807, 2.05) is 13.0 Å². The molecule has 1 saturated heterocycles. The molecule has 1 aromatic carbocycles. The molecule has 2 aromatic rings. The lowest BCUT2D eigenvalue weighted by molar-refractivity contribution is 0.212. The molecule has 0 amide bonds. The average molecular weight is 338 g/mol. The van der Waals surface area contributed by atoms with Crippen LogP contribution >= 0.6 is 0 Å². The molecule has 0 radical (unpaired) electrons. The molecule has 0 N–H and O–H groups in total. The molecule has 1 aliphatic heterocycles. The van der Waals surface area contributed by atoms with E-state index in [1.54, 1.807) is 12.3 Å².